The Morgan fingerprint density at radius 1 is 0.515 bits per heavy atom. The predicted octanol–water partition coefficient (Wildman–Crippen LogP) is 6.22. The lowest BCUT2D eigenvalue weighted by Gasteiger charge is -2.40. The lowest BCUT2D eigenvalue weighted by molar-refractivity contribution is -0.192. The Balaban J connectivity index is 1.35. The molecule has 6 aromatic rings. The fraction of sp³-hybridized carbons (Fsp3) is 0.278. The van der Waals surface area contributed by atoms with Crippen molar-refractivity contribution in [3.8, 4) is 28.7 Å². The molecule has 2 aliphatic heterocycles. The molecule has 0 spiro atoms. The van der Waals surface area contributed by atoms with Crippen LogP contribution in [0, 0.1) is 0 Å². The number of benzene rings is 6. The molecular weight excluding hydrogens is 873 g/mol. The van der Waals surface area contributed by atoms with E-state index in [1.807, 2.05) is 121 Å². The van der Waals surface area contributed by atoms with E-state index in [9.17, 15) is 30.6 Å². The maximum Gasteiger partial charge on any atom is 0.193 e. The Bertz CT molecular complexity index is 2510. The van der Waals surface area contributed by atoms with E-state index in [0.29, 0.717) is 40.4 Å². The summed E-state index contributed by atoms with van der Waals surface area (Å²) in [4.78, 5) is 15.4. The third-order valence-electron chi connectivity index (χ3n) is 11.8. The molecule has 2 aliphatic rings. The maximum atomic E-state index is 15.4. The molecular formula is C54H54O14. The van der Waals surface area contributed by atoms with Crippen LogP contribution in [-0.2, 0) is 35.9 Å². The fourth-order valence-electron chi connectivity index (χ4n) is 8.13. The van der Waals surface area contributed by atoms with E-state index in [1.165, 1.54) is 13.2 Å². The second-order valence-corrected chi connectivity index (χ2v) is 16.5. The summed E-state index contributed by atoms with van der Waals surface area (Å²) < 4.78 is 44.3. The van der Waals surface area contributed by atoms with Crippen molar-refractivity contribution in [1.82, 2.24) is 0 Å². The van der Waals surface area contributed by atoms with Gasteiger partial charge in [0.1, 0.15) is 98.1 Å². The van der Waals surface area contributed by atoms with Gasteiger partial charge in [-0.2, -0.15) is 0 Å². The molecule has 0 aromatic heterocycles. The number of ether oxygens (including phenoxy) is 7. The fourth-order valence-corrected chi connectivity index (χ4v) is 8.13. The van der Waals surface area contributed by atoms with Crippen LogP contribution in [0.5, 0.6) is 28.7 Å². The Kier molecular flexibility index (Phi) is 15.8. The minimum absolute atomic E-state index is 0.0767. The summed E-state index contributed by atoms with van der Waals surface area (Å²) in [6.45, 7) is -0.969. The zero-order chi connectivity index (χ0) is 47.6. The smallest absolute Gasteiger partial charge is 0.193 e. The molecule has 6 aromatic carbocycles. The van der Waals surface area contributed by atoms with Crippen LogP contribution < -0.4 is 23.7 Å². The molecule has 0 amide bonds. The van der Waals surface area contributed by atoms with Gasteiger partial charge < -0.3 is 63.8 Å². The van der Waals surface area contributed by atoms with Gasteiger partial charge in [0.2, 0.25) is 0 Å². The van der Waals surface area contributed by atoms with Crippen LogP contribution in [0.15, 0.2) is 146 Å². The van der Waals surface area contributed by atoms with Crippen LogP contribution in [0.25, 0.3) is 6.08 Å². The lowest BCUT2D eigenvalue weighted by atomic mass is 9.85. The summed E-state index contributed by atoms with van der Waals surface area (Å²) in [6.07, 6.45) is -10.3. The van der Waals surface area contributed by atoms with Gasteiger partial charge in [-0.25, -0.2) is 0 Å². The summed E-state index contributed by atoms with van der Waals surface area (Å²) in [7, 11) is 1.51. The third-order valence-corrected chi connectivity index (χ3v) is 11.8. The molecule has 2 heterocycles. The second-order valence-electron chi connectivity index (χ2n) is 16.5. The highest BCUT2D eigenvalue weighted by molar-refractivity contribution is 6.11. The number of ketones is 1. The predicted molar refractivity (Wildman–Crippen MR) is 249 cm³/mol. The van der Waals surface area contributed by atoms with E-state index >= 15 is 4.79 Å². The van der Waals surface area contributed by atoms with Crippen LogP contribution in [0.2, 0.25) is 0 Å². The van der Waals surface area contributed by atoms with Gasteiger partial charge in [-0.05, 0) is 46.0 Å². The van der Waals surface area contributed by atoms with Crippen molar-refractivity contribution in [2.45, 2.75) is 75.3 Å². The van der Waals surface area contributed by atoms with Gasteiger partial charge in [0, 0.05) is 0 Å². The van der Waals surface area contributed by atoms with Crippen molar-refractivity contribution in [2.24, 2.45) is 0 Å². The first-order valence-electron chi connectivity index (χ1n) is 22.2. The summed E-state index contributed by atoms with van der Waals surface area (Å²) in [5.74, 6) is -0.263. The molecule has 0 aliphatic carbocycles. The van der Waals surface area contributed by atoms with Crippen LogP contribution in [0.1, 0.15) is 61.5 Å². The average molecular weight is 927 g/mol. The van der Waals surface area contributed by atoms with E-state index < -0.39 is 67.8 Å². The summed E-state index contributed by atoms with van der Waals surface area (Å²) in [5, 5.41) is 67.4. The number of hydrogen-bond donors (Lipinski definition) is 6. The number of aliphatic hydroxyl groups is 6. The Hall–Kier alpha value is -6.59. The van der Waals surface area contributed by atoms with Gasteiger partial charge in [-0.1, -0.05) is 133 Å². The van der Waals surface area contributed by atoms with Crippen molar-refractivity contribution in [1.29, 1.82) is 0 Å². The Labute approximate surface area is 393 Å². The van der Waals surface area contributed by atoms with Crippen LogP contribution in [-0.4, -0.2) is 93.4 Å². The molecule has 6 N–H and O–H groups in total. The van der Waals surface area contributed by atoms with Crippen molar-refractivity contribution < 1.29 is 68.6 Å². The highest BCUT2D eigenvalue weighted by Crippen LogP contribution is 2.54. The lowest BCUT2D eigenvalue weighted by Crippen LogP contribution is -2.50. The molecule has 8 atom stereocenters. The molecule has 2 saturated heterocycles. The average Bonchev–Trinajstić information content (AvgIpc) is 3.37. The van der Waals surface area contributed by atoms with E-state index in [2.05, 4.69) is 0 Å². The number of aliphatic hydroxyl groups excluding tert-OH is 6. The summed E-state index contributed by atoms with van der Waals surface area (Å²) in [5.41, 5.74) is 3.23. The first kappa shape index (κ1) is 47.9. The maximum absolute atomic E-state index is 15.4. The van der Waals surface area contributed by atoms with E-state index in [0.717, 1.165) is 5.56 Å². The first-order chi connectivity index (χ1) is 33.1. The minimum Gasteiger partial charge on any atom is -0.493 e. The molecule has 14 nitrogen and oxygen atoms in total. The standard InChI is InChI=1S/C54H54O14/c1-62-42-26-33(23-25-41(42)63-27-34-14-6-2-7-15-34)22-24-38(55)43-50(64-28-35-16-8-3-9-17-35)44(53-48(60)46(58)39(56)31-67-53)52(66-30-37-20-12-5-13-21-37)45(54-49(61)47(59)40(57)32-68-54)51(43)65-29-36-18-10-4-11-19-36/h2-26,39-40,46-49,53-54,56-61H,27-32H2,1H3/b24-22+/t39-,40-,46+,47+,48-,49-,53+,54+/m1/s1. The Morgan fingerprint density at radius 2 is 0.912 bits per heavy atom. The van der Waals surface area contributed by atoms with Gasteiger partial charge in [0.25, 0.3) is 0 Å². The molecule has 0 saturated carbocycles. The van der Waals surface area contributed by atoms with Gasteiger partial charge in [-0.3, -0.25) is 4.79 Å². The van der Waals surface area contributed by atoms with Gasteiger partial charge >= 0.3 is 0 Å². The number of methoxy groups -OCH3 is 1. The molecule has 2 fully saturated rings. The second kappa shape index (κ2) is 22.5. The van der Waals surface area contributed by atoms with Gasteiger partial charge in [-0.15, -0.1) is 0 Å². The minimum atomic E-state index is -1.82. The van der Waals surface area contributed by atoms with Crippen LogP contribution >= 0.6 is 0 Å². The van der Waals surface area contributed by atoms with Crippen molar-refractivity contribution in [2.75, 3.05) is 20.3 Å². The zero-order valence-electron chi connectivity index (χ0n) is 37.2. The molecule has 68 heavy (non-hydrogen) atoms. The first-order valence-corrected chi connectivity index (χ1v) is 22.2. The Morgan fingerprint density at radius 3 is 1.32 bits per heavy atom. The quantitative estimate of drug-likeness (QED) is 0.0419. The van der Waals surface area contributed by atoms with E-state index in [-0.39, 0.29) is 53.8 Å². The third kappa shape index (κ3) is 11.1. The number of hydrogen-bond acceptors (Lipinski definition) is 14. The zero-order valence-corrected chi connectivity index (χ0v) is 37.2. The van der Waals surface area contributed by atoms with E-state index in [1.54, 1.807) is 24.3 Å². The van der Waals surface area contributed by atoms with Gasteiger partial charge in [0.05, 0.1) is 31.5 Å². The van der Waals surface area contributed by atoms with Crippen molar-refractivity contribution >= 4 is 11.9 Å². The number of allylic oxidation sites excluding steroid dienone is 1. The van der Waals surface area contributed by atoms with Crippen molar-refractivity contribution in [3.63, 3.8) is 0 Å². The van der Waals surface area contributed by atoms with Crippen molar-refractivity contribution in [3.05, 3.63) is 190 Å². The largest absolute Gasteiger partial charge is 0.493 e. The molecule has 8 rings (SSSR count). The molecule has 0 radical (unpaired) electrons. The molecule has 354 valence electrons. The van der Waals surface area contributed by atoms with Gasteiger partial charge in [0.15, 0.2) is 17.3 Å². The molecule has 0 bridgehead atoms. The highest BCUT2D eigenvalue weighted by Gasteiger charge is 2.48. The number of carbonyl (C=O) groups excluding carboxylic acids is 1. The monoisotopic (exact) mass is 926 g/mol. The number of rotatable bonds is 18. The molecule has 0 unspecified atom stereocenters. The van der Waals surface area contributed by atoms with Crippen LogP contribution in [0.3, 0.4) is 0 Å². The highest BCUT2D eigenvalue weighted by atomic mass is 16.5. The molecule has 14 heteroatoms. The normalized spacial score (nSPS) is 22.6. The topological polar surface area (TPSA) is 203 Å². The van der Waals surface area contributed by atoms with Crippen LogP contribution in [0.4, 0.5) is 0 Å². The van der Waals surface area contributed by atoms with E-state index in [4.69, 9.17) is 33.2 Å². The summed E-state index contributed by atoms with van der Waals surface area (Å²) >= 11 is 0. The SMILES string of the molecule is COc1cc(/C=C/C(=O)c2c(OCc3ccccc3)c([C@@H]3OC[C@@H](O)[C@H](O)[C@H]3O)c(OCc3ccccc3)c([C@@H]3OC[C@@H](O)[C@H](O)[C@H]3O)c2OCc2ccccc2)ccc1OCc1ccccc1. The summed E-state index contributed by atoms with van der Waals surface area (Å²) in [6, 6.07) is 42.2. The number of carbonyl (C=O) groups is 1.